The number of aliphatic hydroxyl groups is 1. The van der Waals surface area contributed by atoms with Gasteiger partial charge in [-0.2, -0.15) is 9.40 Å². The van der Waals surface area contributed by atoms with Crippen LogP contribution in [0.1, 0.15) is 20.8 Å². The van der Waals surface area contributed by atoms with Crippen molar-refractivity contribution in [2.75, 3.05) is 19.7 Å². The first-order chi connectivity index (χ1) is 9.24. The number of aromatic nitrogens is 2. The lowest BCUT2D eigenvalue weighted by atomic mass is 10.1. The van der Waals surface area contributed by atoms with Crippen LogP contribution in [0.2, 0.25) is 0 Å². The van der Waals surface area contributed by atoms with E-state index in [1.54, 1.807) is 0 Å². The number of hydrogen-bond acceptors (Lipinski definition) is 5. The molecule has 2 heterocycles. The predicted molar refractivity (Wildman–Crippen MR) is 72.7 cm³/mol. The Balaban J connectivity index is 2.24. The van der Waals surface area contributed by atoms with Crippen LogP contribution in [0, 0.1) is 0 Å². The van der Waals surface area contributed by atoms with Crippen molar-refractivity contribution in [3.63, 3.8) is 0 Å². The summed E-state index contributed by atoms with van der Waals surface area (Å²) in [5, 5.41) is 12.8. The Morgan fingerprint density at radius 3 is 2.85 bits per heavy atom. The molecule has 1 aromatic heterocycles. The normalized spacial score (nSPS) is 23.9. The van der Waals surface area contributed by atoms with Gasteiger partial charge in [0.05, 0.1) is 31.1 Å². The fourth-order valence-corrected chi connectivity index (χ4v) is 4.05. The van der Waals surface area contributed by atoms with E-state index < -0.39 is 15.6 Å². The molecule has 0 aromatic carbocycles. The van der Waals surface area contributed by atoms with E-state index in [1.807, 2.05) is 20.8 Å². The van der Waals surface area contributed by atoms with Crippen LogP contribution in [-0.2, 0) is 21.3 Å². The van der Waals surface area contributed by atoms with Crippen LogP contribution in [0.4, 0.5) is 0 Å². The first-order valence-electron chi connectivity index (χ1n) is 6.56. The van der Waals surface area contributed by atoms with E-state index in [0.29, 0.717) is 13.1 Å². The Hall–Kier alpha value is -0.960. The monoisotopic (exact) mass is 303 g/mol. The van der Waals surface area contributed by atoms with Gasteiger partial charge in [-0.15, -0.1) is 0 Å². The van der Waals surface area contributed by atoms with Crippen molar-refractivity contribution in [3.05, 3.63) is 12.4 Å². The minimum atomic E-state index is -3.58. The summed E-state index contributed by atoms with van der Waals surface area (Å²) in [7, 11) is -3.58. The molecular formula is C12H21N3O4S. The summed E-state index contributed by atoms with van der Waals surface area (Å²) >= 11 is 0. The number of rotatable bonds is 4. The highest BCUT2D eigenvalue weighted by molar-refractivity contribution is 7.89. The van der Waals surface area contributed by atoms with Crippen LogP contribution >= 0.6 is 0 Å². The maximum absolute atomic E-state index is 12.6. The van der Waals surface area contributed by atoms with Gasteiger partial charge < -0.3 is 9.84 Å². The van der Waals surface area contributed by atoms with Gasteiger partial charge in [-0.1, -0.05) is 0 Å². The van der Waals surface area contributed by atoms with Gasteiger partial charge in [0.2, 0.25) is 10.0 Å². The fraction of sp³-hybridized carbons (Fsp3) is 0.750. The van der Waals surface area contributed by atoms with E-state index in [-0.39, 0.29) is 24.2 Å². The number of aliphatic hydroxyl groups excluding tert-OH is 1. The summed E-state index contributed by atoms with van der Waals surface area (Å²) in [5.41, 5.74) is -0.508. The van der Waals surface area contributed by atoms with Gasteiger partial charge in [0.15, 0.2) is 0 Å². The van der Waals surface area contributed by atoms with E-state index in [1.165, 1.54) is 21.4 Å². The molecule has 0 saturated carbocycles. The molecule has 1 atom stereocenters. The van der Waals surface area contributed by atoms with Crippen molar-refractivity contribution in [1.82, 2.24) is 14.1 Å². The minimum Gasteiger partial charge on any atom is -0.394 e. The van der Waals surface area contributed by atoms with Crippen LogP contribution < -0.4 is 0 Å². The van der Waals surface area contributed by atoms with Crippen LogP contribution in [0.25, 0.3) is 0 Å². The molecule has 0 amide bonds. The number of morpholine rings is 1. The lowest BCUT2D eigenvalue weighted by molar-refractivity contribution is -0.109. The molecule has 1 saturated heterocycles. The van der Waals surface area contributed by atoms with Crippen molar-refractivity contribution >= 4 is 10.0 Å². The summed E-state index contributed by atoms with van der Waals surface area (Å²) in [6.45, 7) is 6.45. The van der Waals surface area contributed by atoms with Crippen molar-refractivity contribution in [3.8, 4) is 0 Å². The Labute approximate surface area is 119 Å². The molecule has 8 heteroatoms. The van der Waals surface area contributed by atoms with Gasteiger partial charge >= 0.3 is 0 Å². The second kappa shape index (κ2) is 5.44. The average Bonchev–Trinajstić information content (AvgIpc) is 2.76. The molecule has 1 aliphatic rings. The molecule has 1 fully saturated rings. The highest BCUT2D eigenvalue weighted by Crippen LogP contribution is 2.26. The molecular weight excluding hydrogens is 282 g/mol. The van der Waals surface area contributed by atoms with Crippen molar-refractivity contribution in [2.24, 2.45) is 0 Å². The Morgan fingerprint density at radius 2 is 2.25 bits per heavy atom. The fourth-order valence-electron chi connectivity index (χ4n) is 2.43. The first kappa shape index (κ1) is 15.4. The lowest BCUT2D eigenvalue weighted by Crippen LogP contribution is -2.53. The summed E-state index contributed by atoms with van der Waals surface area (Å²) < 4.78 is 33.8. The summed E-state index contributed by atoms with van der Waals surface area (Å²) in [4.78, 5) is 0.149. The zero-order valence-electron chi connectivity index (χ0n) is 12.0. The van der Waals surface area contributed by atoms with Crippen LogP contribution in [0.3, 0.4) is 0 Å². The maximum atomic E-state index is 12.6. The van der Waals surface area contributed by atoms with E-state index in [9.17, 15) is 8.42 Å². The van der Waals surface area contributed by atoms with Crippen molar-refractivity contribution in [2.45, 2.75) is 43.9 Å². The van der Waals surface area contributed by atoms with Gasteiger partial charge in [-0.05, 0) is 20.8 Å². The second-order valence-corrected chi connectivity index (χ2v) is 7.59. The molecule has 1 unspecified atom stereocenters. The van der Waals surface area contributed by atoms with Gasteiger partial charge in [0.25, 0.3) is 0 Å². The number of ether oxygens (including phenoxy) is 1. The molecule has 0 spiro atoms. The number of sulfonamides is 1. The zero-order valence-corrected chi connectivity index (χ0v) is 12.8. The molecule has 0 bridgehead atoms. The molecule has 1 aliphatic heterocycles. The van der Waals surface area contributed by atoms with Gasteiger partial charge in [-0.25, -0.2) is 8.42 Å². The van der Waals surface area contributed by atoms with Crippen LogP contribution in [-0.4, -0.2) is 59.0 Å². The summed E-state index contributed by atoms with van der Waals surface area (Å²) in [5.74, 6) is 0. The van der Waals surface area contributed by atoms with E-state index in [2.05, 4.69) is 5.10 Å². The average molecular weight is 303 g/mol. The first-order valence-corrected chi connectivity index (χ1v) is 8.00. The Morgan fingerprint density at radius 1 is 1.55 bits per heavy atom. The standard InChI is InChI=1S/C12H21N3O4S/c1-10-7-15(9-12(2,3)19-10)20(17,18)11-6-13-14(8-11)4-5-16/h6,8,10,16H,4-5,7,9H2,1-3H3. The largest absolute Gasteiger partial charge is 0.394 e. The topological polar surface area (TPSA) is 84.7 Å². The molecule has 114 valence electrons. The maximum Gasteiger partial charge on any atom is 0.246 e. The second-order valence-electron chi connectivity index (χ2n) is 5.65. The third-order valence-corrected chi connectivity index (χ3v) is 4.88. The lowest BCUT2D eigenvalue weighted by Gasteiger charge is -2.40. The molecule has 1 aromatic rings. The van der Waals surface area contributed by atoms with E-state index in [0.717, 1.165) is 0 Å². The Bertz CT molecular complexity index is 567. The van der Waals surface area contributed by atoms with Crippen LogP contribution in [0.5, 0.6) is 0 Å². The molecule has 7 nitrogen and oxygen atoms in total. The summed E-state index contributed by atoms with van der Waals surface area (Å²) in [6, 6.07) is 0. The predicted octanol–water partition coefficient (Wildman–Crippen LogP) is 0.0634. The Kier molecular flexibility index (Phi) is 4.19. The molecule has 2 rings (SSSR count). The van der Waals surface area contributed by atoms with Crippen LogP contribution in [0.15, 0.2) is 17.3 Å². The number of hydrogen-bond donors (Lipinski definition) is 1. The smallest absolute Gasteiger partial charge is 0.246 e. The van der Waals surface area contributed by atoms with Gasteiger partial charge in [0, 0.05) is 19.3 Å². The van der Waals surface area contributed by atoms with Gasteiger partial charge in [-0.3, -0.25) is 4.68 Å². The molecule has 20 heavy (non-hydrogen) atoms. The van der Waals surface area contributed by atoms with Crippen molar-refractivity contribution < 1.29 is 18.3 Å². The highest BCUT2D eigenvalue weighted by Gasteiger charge is 2.38. The number of nitrogens with zero attached hydrogens (tertiary/aromatic N) is 3. The third kappa shape index (κ3) is 3.20. The van der Waals surface area contributed by atoms with E-state index >= 15 is 0 Å². The SMILES string of the molecule is CC1CN(S(=O)(=O)c2cnn(CCO)c2)CC(C)(C)O1. The quantitative estimate of drug-likeness (QED) is 0.850. The third-order valence-electron chi connectivity index (χ3n) is 3.11. The highest BCUT2D eigenvalue weighted by atomic mass is 32.2. The molecule has 1 N–H and O–H groups in total. The van der Waals surface area contributed by atoms with E-state index in [4.69, 9.17) is 9.84 Å². The molecule has 0 aliphatic carbocycles. The van der Waals surface area contributed by atoms with Gasteiger partial charge in [0.1, 0.15) is 4.90 Å². The van der Waals surface area contributed by atoms with Crippen molar-refractivity contribution in [1.29, 1.82) is 0 Å². The molecule has 0 radical (unpaired) electrons. The minimum absolute atomic E-state index is 0.0806. The zero-order chi connectivity index (χ0) is 15.0. The summed E-state index contributed by atoms with van der Waals surface area (Å²) in [6.07, 6.45) is 2.61.